The molecule has 2 saturated heterocycles. The Hall–Kier alpha value is -2.47. The Balaban J connectivity index is 1.51. The van der Waals surface area contributed by atoms with Crippen LogP contribution < -0.4 is 10.5 Å². The van der Waals surface area contributed by atoms with Crippen molar-refractivity contribution in [2.24, 2.45) is 5.11 Å². The van der Waals surface area contributed by atoms with E-state index in [-0.39, 0.29) is 24.5 Å². The number of azide groups is 1. The van der Waals surface area contributed by atoms with Crippen molar-refractivity contribution in [2.75, 3.05) is 18.9 Å². The number of hydrogen-bond acceptors (Lipinski definition) is 11. The van der Waals surface area contributed by atoms with Gasteiger partial charge in [0.1, 0.15) is 17.7 Å². The predicted octanol–water partition coefficient (Wildman–Crippen LogP) is 3.26. The van der Waals surface area contributed by atoms with Gasteiger partial charge in [-0.1, -0.05) is 18.0 Å². The predicted molar refractivity (Wildman–Crippen MR) is 114 cm³/mol. The summed E-state index contributed by atoms with van der Waals surface area (Å²) in [6, 6.07) is 0. The molecule has 0 spiro atoms. The van der Waals surface area contributed by atoms with Gasteiger partial charge in [0.05, 0.1) is 25.6 Å². The van der Waals surface area contributed by atoms with E-state index in [1.54, 1.807) is 11.5 Å². The van der Waals surface area contributed by atoms with Crippen molar-refractivity contribution in [3.63, 3.8) is 0 Å². The van der Waals surface area contributed by atoms with Gasteiger partial charge in [0.25, 0.3) is 0 Å². The van der Waals surface area contributed by atoms with E-state index < -0.39 is 31.8 Å². The molecule has 178 valence electrons. The molecule has 3 aliphatic rings. The molecule has 1 aliphatic carbocycles. The van der Waals surface area contributed by atoms with Crippen LogP contribution in [0.3, 0.4) is 0 Å². The van der Waals surface area contributed by atoms with Crippen LogP contribution in [0, 0.1) is 0 Å². The fourth-order valence-corrected chi connectivity index (χ4v) is 6.33. The van der Waals surface area contributed by atoms with Crippen molar-refractivity contribution in [3.8, 4) is 5.88 Å². The monoisotopic (exact) mass is 480 g/mol. The van der Waals surface area contributed by atoms with Crippen molar-refractivity contribution in [1.29, 1.82) is 0 Å². The second-order valence-corrected chi connectivity index (χ2v) is 9.94. The molecule has 33 heavy (non-hydrogen) atoms. The van der Waals surface area contributed by atoms with Crippen LogP contribution in [-0.2, 0) is 22.9 Å². The van der Waals surface area contributed by atoms with Crippen molar-refractivity contribution in [2.45, 2.75) is 69.6 Å². The molecule has 1 saturated carbocycles. The first kappa shape index (κ1) is 22.3. The third kappa shape index (κ3) is 3.82. The Morgan fingerprint density at radius 1 is 1.42 bits per heavy atom. The molecule has 14 nitrogen and oxygen atoms in total. The van der Waals surface area contributed by atoms with Crippen LogP contribution in [0.15, 0.2) is 11.4 Å². The highest BCUT2D eigenvalue weighted by molar-refractivity contribution is 7.48. The maximum absolute atomic E-state index is 13.3. The van der Waals surface area contributed by atoms with Crippen LogP contribution in [0.4, 0.5) is 5.95 Å². The van der Waals surface area contributed by atoms with Gasteiger partial charge in [0.15, 0.2) is 17.4 Å². The molecule has 0 amide bonds. The van der Waals surface area contributed by atoms with E-state index in [2.05, 4.69) is 25.0 Å². The Bertz CT molecular complexity index is 1150. The molecule has 5 rings (SSSR count). The SMILES string of the molecule is CCOc1nc(N)nc2c1ncn2[C@@H]1O[C@@H]2COP(=O)(OC3CCCC3)O[C@H]2[C@@]1(C)N=[N+]=[N-]. The highest BCUT2D eigenvalue weighted by Crippen LogP contribution is 2.61. The fourth-order valence-electron chi connectivity index (χ4n) is 4.62. The lowest BCUT2D eigenvalue weighted by molar-refractivity contribution is -0.0745. The molecule has 2 aliphatic heterocycles. The molecule has 3 fully saturated rings. The summed E-state index contributed by atoms with van der Waals surface area (Å²) >= 11 is 0. The van der Waals surface area contributed by atoms with E-state index in [1.165, 1.54) is 6.33 Å². The number of nitrogens with two attached hydrogens (primary N) is 1. The maximum atomic E-state index is 13.3. The topological polar surface area (TPSA) is 182 Å². The van der Waals surface area contributed by atoms with Crippen molar-refractivity contribution in [1.82, 2.24) is 19.5 Å². The molecule has 2 N–H and O–H groups in total. The number of hydrogen-bond donors (Lipinski definition) is 1. The molecule has 0 bridgehead atoms. The van der Waals surface area contributed by atoms with E-state index in [0.29, 0.717) is 17.8 Å². The first-order valence-electron chi connectivity index (χ1n) is 10.8. The van der Waals surface area contributed by atoms with Gasteiger partial charge in [-0.2, -0.15) is 9.97 Å². The van der Waals surface area contributed by atoms with E-state index in [9.17, 15) is 10.1 Å². The highest BCUT2D eigenvalue weighted by atomic mass is 31.2. The standard InChI is InChI=1S/C18H25N8O6P/c1-3-28-15-12-14(22-17(19)23-15)26(9-21-12)16-18(2,24-25-20)13-11(30-16)8-29-33(27,32-13)31-10-6-4-5-7-10/h9-11,13,16H,3-8H2,1-2H3,(H2,19,22,23)/t11-,13-,16-,18-,33?/m1/s1. The summed E-state index contributed by atoms with van der Waals surface area (Å²) in [7, 11) is -3.87. The number of anilines is 1. The summed E-state index contributed by atoms with van der Waals surface area (Å²) in [6.07, 6.45) is 2.42. The average molecular weight is 480 g/mol. The van der Waals surface area contributed by atoms with Crippen LogP contribution in [-0.4, -0.2) is 56.6 Å². The van der Waals surface area contributed by atoms with E-state index in [0.717, 1.165) is 25.7 Å². The van der Waals surface area contributed by atoms with Gasteiger partial charge in [-0.05, 0) is 32.2 Å². The quantitative estimate of drug-likeness (QED) is 0.279. The number of rotatable bonds is 6. The number of fused-ring (bicyclic) bond motifs is 2. The first-order valence-corrected chi connectivity index (χ1v) is 12.3. The lowest BCUT2D eigenvalue weighted by atomic mass is 9.93. The summed E-state index contributed by atoms with van der Waals surface area (Å²) in [4.78, 5) is 15.7. The molecule has 5 atom stereocenters. The summed E-state index contributed by atoms with van der Waals surface area (Å²) < 4.78 is 43.6. The molecule has 2 aromatic heterocycles. The van der Waals surface area contributed by atoms with Crippen LogP contribution in [0.2, 0.25) is 0 Å². The van der Waals surface area contributed by atoms with Gasteiger partial charge >= 0.3 is 7.82 Å². The van der Waals surface area contributed by atoms with Gasteiger partial charge in [-0.25, -0.2) is 9.55 Å². The van der Waals surface area contributed by atoms with Crippen molar-refractivity contribution >= 4 is 24.9 Å². The zero-order valence-corrected chi connectivity index (χ0v) is 19.1. The third-order valence-electron chi connectivity index (χ3n) is 6.14. The Morgan fingerprint density at radius 2 is 2.21 bits per heavy atom. The molecular formula is C18H25N8O6P. The first-order chi connectivity index (χ1) is 15.9. The second-order valence-electron chi connectivity index (χ2n) is 8.37. The molecule has 15 heteroatoms. The Morgan fingerprint density at radius 3 is 2.94 bits per heavy atom. The smallest absolute Gasteiger partial charge is 0.475 e. The summed E-state index contributed by atoms with van der Waals surface area (Å²) in [5.74, 6) is 0.219. The number of phosphoric ester groups is 1. The molecule has 2 aromatic rings. The lowest BCUT2D eigenvalue weighted by Gasteiger charge is -2.36. The van der Waals surface area contributed by atoms with Crippen LogP contribution >= 0.6 is 7.82 Å². The minimum Gasteiger partial charge on any atom is -0.476 e. The van der Waals surface area contributed by atoms with E-state index >= 15 is 0 Å². The summed E-state index contributed by atoms with van der Waals surface area (Å²) in [5.41, 5.74) is 14.6. The molecule has 0 aromatic carbocycles. The van der Waals surface area contributed by atoms with Gasteiger partial charge < -0.3 is 15.2 Å². The number of nitrogen functional groups attached to an aromatic ring is 1. The van der Waals surface area contributed by atoms with Crippen molar-refractivity contribution in [3.05, 3.63) is 16.8 Å². The average Bonchev–Trinajstić information content (AvgIpc) is 3.48. The van der Waals surface area contributed by atoms with Crippen LogP contribution in [0.1, 0.15) is 45.8 Å². The lowest BCUT2D eigenvalue weighted by Crippen LogP contribution is -2.46. The summed E-state index contributed by atoms with van der Waals surface area (Å²) in [5, 5.41) is 4.01. The molecular weight excluding hydrogens is 455 g/mol. The number of imidazole rings is 1. The number of ether oxygens (including phenoxy) is 2. The second kappa shape index (κ2) is 8.39. The minimum atomic E-state index is -3.87. The summed E-state index contributed by atoms with van der Waals surface area (Å²) in [6.45, 7) is 3.79. The van der Waals surface area contributed by atoms with Crippen molar-refractivity contribution < 1.29 is 27.6 Å². The number of nitrogens with zero attached hydrogens (tertiary/aromatic N) is 7. The van der Waals surface area contributed by atoms with Gasteiger partial charge in [-0.15, -0.1) is 0 Å². The normalized spacial score (nSPS) is 34.3. The molecule has 1 unspecified atom stereocenters. The Kier molecular flexibility index (Phi) is 5.68. The van der Waals surface area contributed by atoms with E-state index in [4.69, 9.17) is 28.8 Å². The van der Waals surface area contributed by atoms with Gasteiger partial charge in [-0.3, -0.25) is 18.1 Å². The highest BCUT2D eigenvalue weighted by Gasteiger charge is 2.61. The zero-order chi connectivity index (χ0) is 23.2. The fraction of sp³-hybridized carbons (Fsp3) is 0.722. The maximum Gasteiger partial charge on any atom is 0.475 e. The van der Waals surface area contributed by atoms with Crippen LogP contribution in [0.5, 0.6) is 5.88 Å². The molecule has 4 heterocycles. The number of phosphoric acid groups is 1. The van der Waals surface area contributed by atoms with Gasteiger partial charge in [0.2, 0.25) is 11.8 Å². The van der Waals surface area contributed by atoms with E-state index in [1.807, 2.05) is 6.92 Å². The largest absolute Gasteiger partial charge is 0.476 e. The Labute approximate surface area is 189 Å². The third-order valence-corrected chi connectivity index (χ3v) is 7.64. The zero-order valence-electron chi connectivity index (χ0n) is 18.2. The number of aromatic nitrogens is 4. The molecule has 0 radical (unpaired) electrons. The van der Waals surface area contributed by atoms with Crippen LogP contribution in [0.25, 0.3) is 21.6 Å². The minimum absolute atomic E-state index is 0.0114. The van der Waals surface area contributed by atoms with Gasteiger partial charge in [0, 0.05) is 4.91 Å².